The zero-order valence-corrected chi connectivity index (χ0v) is 18.6. The van der Waals surface area contributed by atoms with Gasteiger partial charge >= 0.3 is 5.97 Å². The Morgan fingerprint density at radius 2 is 2.13 bits per heavy atom. The summed E-state index contributed by atoms with van der Waals surface area (Å²) in [6.07, 6.45) is 1.74. The lowest BCUT2D eigenvalue weighted by atomic mass is 9.99. The molecule has 0 spiro atoms. The van der Waals surface area contributed by atoms with Crippen molar-refractivity contribution in [2.75, 3.05) is 19.8 Å². The van der Waals surface area contributed by atoms with Crippen LogP contribution in [0.5, 0.6) is 0 Å². The largest absolute Gasteiger partial charge is 0.461 e. The number of Topliss-reactive ketones (excluding diaryl/α,β-unsaturated/α-hetero) is 1. The van der Waals surface area contributed by atoms with Crippen molar-refractivity contribution >= 4 is 29.0 Å². The standard InChI is InChI=1S/C22H28N2O5S/c1-5-28-22(27)19-13(2)18(14(3)23-19)20(25)15(4)24(12-16-8-6-10-29-16)21(26)17-9-7-11-30-17/h7,9,11,15-16,23H,5-6,8,10,12H2,1-4H3. The van der Waals surface area contributed by atoms with Crippen LogP contribution in [0, 0.1) is 13.8 Å². The molecule has 162 valence electrons. The Labute approximate surface area is 180 Å². The molecule has 7 nitrogen and oxygen atoms in total. The number of rotatable bonds is 8. The summed E-state index contributed by atoms with van der Waals surface area (Å²) in [6, 6.07) is 2.88. The van der Waals surface area contributed by atoms with Gasteiger partial charge in [0.1, 0.15) is 5.69 Å². The van der Waals surface area contributed by atoms with Gasteiger partial charge in [-0.1, -0.05) is 6.07 Å². The van der Waals surface area contributed by atoms with E-state index in [2.05, 4.69) is 4.98 Å². The lowest BCUT2D eigenvalue weighted by molar-refractivity contribution is 0.0413. The average Bonchev–Trinajstić information content (AvgIpc) is 3.47. The van der Waals surface area contributed by atoms with Gasteiger partial charge in [0.05, 0.1) is 23.6 Å². The normalized spacial score (nSPS) is 17.0. The van der Waals surface area contributed by atoms with Crippen LogP contribution in [-0.4, -0.2) is 59.4 Å². The van der Waals surface area contributed by atoms with Gasteiger partial charge in [0, 0.05) is 24.4 Å². The maximum atomic E-state index is 13.5. The highest BCUT2D eigenvalue weighted by Crippen LogP contribution is 2.25. The molecule has 2 aromatic heterocycles. The number of esters is 1. The first-order valence-corrected chi connectivity index (χ1v) is 11.1. The molecule has 2 atom stereocenters. The highest BCUT2D eigenvalue weighted by molar-refractivity contribution is 7.12. The number of amides is 1. The predicted molar refractivity (Wildman–Crippen MR) is 114 cm³/mol. The molecule has 1 saturated heterocycles. The van der Waals surface area contributed by atoms with Crippen molar-refractivity contribution in [1.82, 2.24) is 9.88 Å². The Morgan fingerprint density at radius 1 is 1.37 bits per heavy atom. The van der Waals surface area contributed by atoms with Gasteiger partial charge < -0.3 is 19.4 Å². The number of carbonyl (C=O) groups is 3. The lowest BCUT2D eigenvalue weighted by Gasteiger charge is -2.30. The third-order valence-corrected chi connectivity index (χ3v) is 6.29. The maximum Gasteiger partial charge on any atom is 0.355 e. The van der Waals surface area contributed by atoms with Gasteiger partial charge in [-0.15, -0.1) is 11.3 Å². The molecule has 1 N–H and O–H groups in total. The van der Waals surface area contributed by atoms with Crippen LogP contribution in [0.1, 0.15) is 68.5 Å². The number of thiophene rings is 1. The zero-order valence-electron chi connectivity index (χ0n) is 17.8. The summed E-state index contributed by atoms with van der Waals surface area (Å²) in [7, 11) is 0. The molecule has 0 aromatic carbocycles. The number of H-pyrrole nitrogens is 1. The molecule has 1 fully saturated rings. The zero-order chi connectivity index (χ0) is 21.8. The van der Waals surface area contributed by atoms with Crippen LogP contribution >= 0.6 is 11.3 Å². The summed E-state index contributed by atoms with van der Waals surface area (Å²) in [5.41, 5.74) is 1.85. The minimum atomic E-state index is -0.702. The van der Waals surface area contributed by atoms with Crippen molar-refractivity contribution in [3.8, 4) is 0 Å². The summed E-state index contributed by atoms with van der Waals surface area (Å²) < 4.78 is 10.8. The SMILES string of the molecule is CCOC(=O)c1[nH]c(C)c(C(=O)C(C)N(CC2CCCO2)C(=O)c2cccs2)c1C. The Kier molecular flexibility index (Phi) is 7.10. The first-order valence-electron chi connectivity index (χ1n) is 10.2. The molecule has 0 aliphatic carbocycles. The van der Waals surface area contributed by atoms with Gasteiger partial charge in [0.2, 0.25) is 0 Å². The quantitative estimate of drug-likeness (QED) is 0.507. The van der Waals surface area contributed by atoms with Crippen molar-refractivity contribution < 1.29 is 23.9 Å². The molecule has 0 bridgehead atoms. The Bertz CT molecular complexity index is 912. The molecular formula is C22H28N2O5S. The van der Waals surface area contributed by atoms with Crippen molar-refractivity contribution in [2.45, 2.75) is 52.7 Å². The molecule has 30 heavy (non-hydrogen) atoms. The van der Waals surface area contributed by atoms with E-state index >= 15 is 0 Å². The number of ether oxygens (including phenoxy) is 2. The third kappa shape index (κ3) is 4.49. The van der Waals surface area contributed by atoms with Crippen LogP contribution in [0.3, 0.4) is 0 Å². The average molecular weight is 433 g/mol. The summed E-state index contributed by atoms with van der Waals surface area (Å²) in [4.78, 5) is 44.0. The van der Waals surface area contributed by atoms with Crippen LogP contribution < -0.4 is 0 Å². The molecule has 8 heteroatoms. The maximum absolute atomic E-state index is 13.5. The first-order chi connectivity index (χ1) is 14.3. The number of aromatic nitrogens is 1. The van der Waals surface area contributed by atoms with Crippen LogP contribution in [0.25, 0.3) is 0 Å². The van der Waals surface area contributed by atoms with E-state index in [1.165, 1.54) is 11.3 Å². The number of aryl methyl sites for hydroxylation is 1. The van der Waals surface area contributed by atoms with Gasteiger partial charge in [-0.2, -0.15) is 0 Å². The van der Waals surface area contributed by atoms with Gasteiger partial charge in [0.25, 0.3) is 5.91 Å². The van der Waals surface area contributed by atoms with Crippen molar-refractivity contribution in [3.63, 3.8) is 0 Å². The highest BCUT2D eigenvalue weighted by Gasteiger charge is 2.34. The smallest absolute Gasteiger partial charge is 0.355 e. The number of nitrogens with zero attached hydrogens (tertiary/aromatic N) is 1. The Hall–Kier alpha value is -2.45. The summed E-state index contributed by atoms with van der Waals surface area (Å²) in [5.74, 6) is -0.881. The van der Waals surface area contributed by atoms with Gasteiger partial charge in [-0.3, -0.25) is 9.59 Å². The number of hydrogen-bond acceptors (Lipinski definition) is 6. The highest BCUT2D eigenvalue weighted by atomic mass is 32.1. The van der Waals surface area contributed by atoms with Crippen LogP contribution in [0.2, 0.25) is 0 Å². The minimum absolute atomic E-state index is 0.0762. The van der Waals surface area contributed by atoms with E-state index < -0.39 is 12.0 Å². The molecule has 2 aromatic rings. The van der Waals surface area contributed by atoms with E-state index in [0.29, 0.717) is 34.8 Å². The fraction of sp³-hybridized carbons (Fsp3) is 0.500. The van der Waals surface area contributed by atoms with Crippen molar-refractivity contribution in [3.05, 3.63) is 44.9 Å². The number of carbonyl (C=O) groups excluding carboxylic acids is 3. The lowest BCUT2D eigenvalue weighted by Crippen LogP contribution is -2.47. The number of nitrogens with one attached hydrogen (secondary N) is 1. The minimum Gasteiger partial charge on any atom is -0.461 e. The van der Waals surface area contributed by atoms with Crippen LogP contribution in [0.4, 0.5) is 0 Å². The molecule has 0 radical (unpaired) electrons. The van der Waals surface area contributed by atoms with Crippen molar-refractivity contribution in [1.29, 1.82) is 0 Å². The second-order valence-electron chi connectivity index (χ2n) is 7.46. The molecule has 1 aliphatic heterocycles. The first kappa shape index (κ1) is 22.2. The topological polar surface area (TPSA) is 88.7 Å². The van der Waals surface area contributed by atoms with Gasteiger partial charge in [0.15, 0.2) is 5.78 Å². The molecule has 2 unspecified atom stereocenters. The van der Waals surface area contributed by atoms with E-state index in [1.54, 1.807) is 38.7 Å². The van der Waals surface area contributed by atoms with Crippen molar-refractivity contribution in [2.24, 2.45) is 0 Å². The monoisotopic (exact) mass is 432 g/mol. The summed E-state index contributed by atoms with van der Waals surface area (Å²) in [5, 5.41) is 1.84. The fourth-order valence-electron chi connectivity index (χ4n) is 3.84. The Morgan fingerprint density at radius 3 is 2.73 bits per heavy atom. The molecular weight excluding hydrogens is 404 g/mol. The van der Waals surface area contributed by atoms with Gasteiger partial charge in [-0.25, -0.2) is 4.79 Å². The number of ketones is 1. The molecule has 3 heterocycles. The molecule has 1 aliphatic rings. The summed E-state index contributed by atoms with van der Waals surface area (Å²) in [6.45, 7) is 8.22. The molecule has 3 rings (SSSR count). The van der Waals surface area contributed by atoms with E-state index in [0.717, 1.165) is 12.8 Å². The second-order valence-corrected chi connectivity index (χ2v) is 8.40. The Balaban J connectivity index is 1.90. The van der Waals surface area contributed by atoms with E-state index in [-0.39, 0.29) is 30.1 Å². The van der Waals surface area contributed by atoms with Crippen LogP contribution in [-0.2, 0) is 9.47 Å². The van der Waals surface area contributed by atoms with Gasteiger partial charge in [-0.05, 0) is 57.5 Å². The van der Waals surface area contributed by atoms with E-state index in [9.17, 15) is 14.4 Å². The third-order valence-electron chi connectivity index (χ3n) is 5.43. The fourth-order valence-corrected chi connectivity index (χ4v) is 4.52. The van der Waals surface area contributed by atoms with Crippen LogP contribution in [0.15, 0.2) is 17.5 Å². The second kappa shape index (κ2) is 9.57. The van der Waals surface area contributed by atoms with E-state index in [1.807, 2.05) is 11.4 Å². The summed E-state index contributed by atoms with van der Waals surface area (Å²) >= 11 is 1.35. The molecule has 0 saturated carbocycles. The van der Waals surface area contributed by atoms with E-state index in [4.69, 9.17) is 9.47 Å². The number of hydrogen-bond donors (Lipinski definition) is 1. The predicted octanol–water partition coefficient (Wildman–Crippen LogP) is 3.76. The molecule has 1 amide bonds. The number of aromatic amines is 1.